The van der Waals surface area contributed by atoms with Crippen LogP contribution in [0.15, 0.2) is 41.4 Å². The zero-order chi connectivity index (χ0) is 16.3. The van der Waals surface area contributed by atoms with Crippen molar-refractivity contribution in [2.24, 2.45) is 5.14 Å². The molecule has 116 valence electrons. The lowest BCUT2D eigenvalue weighted by Gasteiger charge is -2.11. The molecule has 2 rings (SSSR count). The maximum absolute atomic E-state index is 12.2. The van der Waals surface area contributed by atoms with Gasteiger partial charge in [-0.05, 0) is 49.2 Å². The second kappa shape index (κ2) is 6.25. The van der Waals surface area contributed by atoms with E-state index in [-0.39, 0.29) is 22.9 Å². The normalized spacial score (nSPS) is 11.2. The lowest BCUT2D eigenvalue weighted by atomic mass is 10.1. The molecule has 22 heavy (non-hydrogen) atoms. The van der Waals surface area contributed by atoms with E-state index in [2.05, 4.69) is 10.3 Å². The van der Waals surface area contributed by atoms with Gasteiger partial charge in [-0.1, -0.05) is 6.07 Å². The van der Waals surface area contributed by atoms with Crippen molar-refractivity contribution in [1.82, 2.24) is 10.3 Å². The van der Waals surface area contributed by atoms with Gasteiger partial charge < -0.3 is 5.32 Å². The van der Waals surface area contributed by atoms with Crippen molar-refractivity contribution in [1.29, 1.82) is 0 Å². The molecule has 0 aliphatic heterocycles. The van der Waals surface area contributed by atoms with Gasteiger partial charge in [0.15, 0.2) is 0 Å². The first-order valence-electron chi connectivity index (χ1n) is 6.61. The number of aryl methyl sites for hydroxylation is 1. The van der Waals surface area contributed by atoms with Gasteiger partial charge in [0.05, 0.1) is 17.1 Å². The number of nitrogens with zero attached hydrogens (tertiary/aromatic N) is 1. The van der Waals surface area contributed by atoms with Crippen LogP contribution >= 0.6 is 0 Å². The molecule has 3 N–H and O–H groups in total. The summed E-state index contributed by atoms with van der Waals surface area (Å²) in [5.74, 6) is -0.376. The molecule has 0 radical (unpaired) electrons. The third kappa shape index (κ3) is 3.69. The summed E-state index contributed by atoms with van der Waals surface area (Å²) in [6.07, 6.45) is 1.64. The van der Waals surface area contributed by atoms with Crippen LogP contribution in [-0.2, 0) is 16.6 Å². The van der Waals surface area contributed by atoms with Crippen LogP contribution in [0.1, 0.15) is 27.2 Å². The highest BCUT2D eigenvalue weighted by molar-refractivity contribution is 7.89. The number of pyridine rings is 1. The number of carbonyl (C=O) groups is 1. The number of nitrogens with one attached hydrogen (secondary N) is 1. The van der Waals surface area contributed by atoms with Gasteiger partial charge in [-0.3, -0.25) is 9.78 Å². The van der Waals surface area contributed by atoms with Gasteiger partial charge in [0.25, 0.3) is 5.91 Å². The second-order valence-electron chi connectivity index (χ2n) is 4.97. The average Bonchev–Trinajstić information content (AvgIpc) is 2.47. The van der Waals surface area contributed by atoms with Crippen molar-refractivity contribution < 1.29 is 13.2 Å². The minimum Gasteiger partial charge on any atom is -0.346 e. The standard InChI is InChI=1S/C15H17N3O3S/c1-10-7-12(8-14(11(10)2)22(16,20)21)15(19)18-9-13-5-3-4-6-17-13/h3-8H,9H2,1-2H3,(H,18,19)(H2,16,20,21). The number of hydrogen-bond donors (Lipinski definition) is 2. The Morgan fingerprint density at radius 1 is 1.27 bits per heavy atom. The molecular weight excluding hydrogens is 302 g/mol. The van der Waals surface area contributed by atoms with Crippen molar-refractivity contribution in [2.45, 2.75) is 25.3 Å². The molecule has 0 atom stereocenters. The Kier molecular flexibility index (Phi) is 4.58. The minimum atomic E-state index is -3.87. The zero-order valence-corrected chi connectivity index (χ0v) is 13.1. The van der Waals surface area contributed by atoms with Crippen LogP contribution in [0.5, 0.6) is 0 Å². The Bertz CT molecular complexity index is 802. The van der Waals surface area contributed by atoms with Gasteiger partial charge in [0, 0.05) is 11.8 Å². The van der Waals surface area contributed by atoms with E-state index in [0.717, 1.165) is 0 Å². The molecule has 0 saturated heterocycles. The predicted molar refractivity (Wildman–Crippen MR) is 82.7 cm³/mol. The highest BCUT2D eigenvalue weighted by Crippen LogP contribution is 2.20. The van der Waals surface area contributed by atoms with Crippen LogP contribution in [0, 0.1) is 13.8 Å². The molecule has 1 heterocycles. The first-order chi connectivity index (χ1) is 10.3. The van der Waals surface area contributed by atoms with Gasteiger partial charge in [0.1, 0.15) is 0 Å². The van der Waals surface area contributed by atoms with Gasteiger partial charge in [-0.15, -0.1) is 0 Å². The molecule has 0 unspecified atom stereocenters. The van der Waals surface area contributed by atoms with Crippen molar-refractivity contribution in [3.8, 4) is 0 Å². The van der Waals surface area contributed by atoms with Crippen LogP contribution in [0.4, 0.5) is 0 Å². The Labute approximate surface area is 129 Å². The summed E-state index contributed by atoms with van der Waals surface area (Å²) in [6, 6.07) is 8.33. The number of hydrogen-bond acceptors (Lipinski definition) is 4. The highest BCUT2D eigenvalue weighted by atomic mass is 32.2. The van der Waals surface area contributed by atoms with Crippen LogP contribution in [0.3, 0.4) is 0 Å². The van der Waals surface area contributed by atoms with Crippen molar-refractivity contribution in [2.75, 3.05) is 0 Å². The van der Waals surface area contributed by atoms with E-state index >= 15 is 0 Å². The predicted octanol–water partition coefficient (Wildman–Crippen LogP) is 1.28. The Balaban J connectivity index is 2.25. The van der Waals surface area contributed by atoms with Crippen LogP contribution in [0.2, 0.25) is 0 Å². The van der Waals surface area contributed by atoms with Crippen molar-refractivity contribution in [3.05, 3.63) is 58.9 Å². The molecule has 0 spiro atoms. The fraction of sp³-hybridized carbons (Fsp3) is 0.200. The fourth-order valence-corrected chi connectivity index (χ4v) is 2.91. The Morgan fingerprint density at radius 3 is 2.59 bits per heavy atom. The van der Waals surface area contributed by atoms with E-state index in [1.807, 2.05) is 6.07 Å². The number of rotatable bonds is 4. The van der Waals surface area contributed by atoms with Crippen LogP contribution in [-0.4, -0.2) is 19.3 Å². The largest absolute Gasteiger partial charge is 0.346 e. The van der Waals surface area contributed by atoms with Gasteiger partial charge in [0.2, 0.25) is 10.0 Å². The second-order valence-corrected chi connectivity index (χ2v) is 6.49. The van der Waals surface area contributed by atoms with Crippen molar-refractivity contribution >= 4 is 15.9 Å². The summed E-state index contributed by atoms with van der Waals surface area (Å²) in [4.78, 5) is 16.3. The number of amides is 1. The van der Waals surface area contributed by atoms with E-state index in [0.29, 0.717) is 16.8 Å². The van der Waals surface area contributed by atoms with Crippen LogP contribution in [0.25, 0.3) is 0 Å². The summed E-state index contributed by atoms with van der Waals surface area (Å²) >= 11 is 0. The first kappa shape index (κ1) is 16.1. The maximum Gasteiger partial charge on any atom is 0.251 e. The molecule has 6 nitrogen and oxygen atoms in total. The van der Waals surface area contributed by atoms with E-state index in [4.69, 9.17) is 5.14 Å². The molecule has 1 aromatic heterocycles. The monoisotopic (exact) mass is 319 g/mol. The average molecular weight is 319 g/mol. The molecular formula is C15H17N3O3S. The Morgan fingerprint density at radius 2 is 2.00 bits per heavy atom. The summed E-state index contributed by atoms with van der Waals surface area (Å²) in [5, 5.41) is 7.89. The molecule has 0 fully saturated rings. The molecule has 7 heteroatoms. The number of aromatic nitrogens is 1. The van der Waals surface area contributed by atoms with E-state index in [1.54, 1.807) is 38.2 Å². The van der Waals surface area contributed by atoms with Gasteiger partial charge >= 0.3 is 0 Å². The van der Waals surface area contributed by atoms with Gasteiger partial charge in [-0.25, -0.2) is 13.6 Å². The molecule has 1 aromatic carbocycles. The van der Waals surface area contributed by atoms with E-state index in [1.165, 1.54) is 6.07 Å². The fourth-order valence-electron chi connectivity index (χ4n) is 2.03. The zero-order valence-electron chi connectivity index (χ0n) is 12.3. The third-order valence-electron chi connectivity index (χ3n) is 3.34. The first-order valence-corrected chi connectivity index (χ1v) is 8.16. The lowest BCUT2D eigenvalue weighted by molar-refractivity contribution is 0.0950. The van der Waals surface area contributed by atoms with Gasteiger partial charge in [-0.2, -0.15) is 0 Å². The summed E-state index contributed by atoms with van der Waals surface area (Å²) in [5.41, 5.74) is 2.20. The quantitative estimate of drug-likeness (QED) is 0.886. The topological polar surface area (TPSA) is 102 Å². The number of carbonyl (C=O) groups excluding carboxylic acids is 1. The van der Waals surface area contributed by atoms with Crippen LogP contribution < -0.4 is 10.5 Å². The lowest BCUT2D eigenvalue weighted by Crippen LogP contribution is -2.24. The van der Waals surface area contributed by atoms with Crippen molar-refractivity contribution in [3.63, 3.8) is 0 Å². The number of primary sulfonamides is 1. The molecule has 2 aromatic rings. The Hall–Kier alpha value is -2.25. The van der Waals surface area contributed by atoms with E-state index in [9.17, 15) is 13.2 Å². The number of nitrogens with two attached hydrogens (primary N) is 1. The SMILES string of the molecule is Cc1cc(C(=O)NCc2ccccn2)cc(S(N)(=O)=O)c1C. The summed E-state index contributed by atoms with van der Waals surface area (Å²) in [7, 11) is -3.87. The third-order valence-corrected chi connectivity index (χ3v) is 4.38. The number of benzene rings is 1. The molecule has 0 aliphatic rings. The minimum absolute atomic E-state index is 0.0320. The maximum atomic E-state index is 12.2. The smallest absolute Gasteiger partial charge is 0.251 e. The highest BCUT2D eigenvalue weighted by Gasteiger charge is 2.17. The molecule has 0 aliphatic carbocycles. The molecule has 0 bridgehead atoms. The summed E-state index contributed by atoms with van der Waals surface area (Å²) in [6.45, 7) is 3.65. The molecule has 0 saturated carbocycles. The molecule has 1 amide bonds. The number of sulfonamides is 1. The summed E-state index contributed by atoms with van der Waals surface area (Å²) < 4.78 is 23.2. The van der Waals surface area contributed by atoms with E-state index < -0.39 is 10.0 Å².